The molecule has 1 aliphatic carbocycles. The summed E-state index contributed by atoms with van der Waals surface area (Å²) in [7, 11) is 2.98. The van der Waals surface area contributed by atoms with Crippen molar-refractivity contribution in [3.05, 3.63) is 22.0 Å². The van der Waals surface area contributed by atoms with E-state index in [0.29, 0.717) is 18.5 Å². The molecule has 0 saturated heterocycles. The van der Waals surface area contributed by atoms with Crippen molar-refractivity contribution in [3.8, 4) is 0 Å². The van der Waals surface area contributed by atoms with Gasteiger partial charge in [0, 0.05) is 20.1 Å². The number of halogens is 1. The Kier molecular flexibility index (Phi) is 6.40. The molecule has 0 spiro atoms. The second kappa shape index (κ2) is 8.20. The number of carbonyl (C=O) groups excluding carboxylic acids is 1. The number of hydrogen-bond donors (Lipinski definition) is 1. The van der Waals surface area contributed by atoms with Crippen LogP contribution in [0, 0.1) is 10.1 Å². The Hall–Kier alpha value is -2.23. The Balaban J connectivity index is 2.20. The van der Waals surface area contributed by atoms with Crippen molar-refractivity contribution in [3.63, 3.8) is 0 Å². The predicted molar refractivity (Wildman–Crippen MR) is 95.3 cm³/mol. The van der Waals surface area contributed by atoms with Crippen molar-refractivity contribution in [1.29, 1.82) is 0 Å². The summed E-state index contributed by atoms with van der Waals surface area (Å²) in [4.78, 5) is 22.9. The predicted octanol–water partition coefficient (Wildman–Crippen LogP) is 2.84. The summed E-state index contributed by atoms with van der Waals surface area (Å²) in [5.41, 5.74) is -0.415. The van der Waals surface area contributed by atoms with Crippen LogP contribution in [-0.2, 0) is 16.5 Å². The molecule has 27 heavy (non-hydrogen) atoms. The van der Waals surface area contributed by atoms with Crippen molar-refractivity contribution < 1.29 is 23.6 Å². The molecular weight excluding hydrogens is 359 g/mol. The number of aromatic nitrogens is 2. The van der Waals surface area contributed by atoms with Crippen molar-refractivity contribution >= 4 is 11.8 Å². The molecule has 0 radical (unpaired) electrons. The number of alkyl halides is 1. The van der Waals surface area contributed by atoms with Crippen LogP contribution in [0.3, 0.4) is 0 Å². The topological polar surface area (TPSA) is 109 Å². The van der Waals surface area contributed by atoms with E-state index in [4.69, 9.17) is 9.47 Å². The van der Waals surface area contributed by atoms with Crippen LogP contribution in [0.5, 0.6) is 0 Å². The molecule has 0 bridgehead atoms. The highest BCUT2D eigenvalue weighted by molar-refractivity contribution is 5.68. The number of carbonyl (C=O) groups is 1. The third kappa shape index (κ3) is 5.15. The van der Waals surface area contributed by atoms with Crippen LogP contribution in [0.25, 0.3) is 0 Å². The summed E-state index contributed by atoms with van der Waals surface area (Å²) >= 11 is 0. The van der Waals surface area contributed by atoms with Gasteiger partial charge < -0.3 is 14.8 Å². The van der Waals surface area contributed by atoms with Crippen LogP contribution in [0.15, 0.2) is 6.20 Å². The minimum atomic E-state index is -1.41. The van der Waals surface area contributed by atoms with Crippen molar-refractivity contribution in [2.24, 2.45) is 7.05 Å². The number of nitrogens with one attached hydrogen (secondary N) is 1. The lowest BCUT2D eigenvalue weighted by molar-refractivity contribution is -0.385. The molecule has 1 aromatic rings. The maximum atomic E-state index is 14.9. The van der Waals surface area contributed by atoms with Gasteiger partial charge in [0.1, 0.15) is 29.8 Å². The lowest BCUT2D eigenvalue weighted by atomic mass is 9.95. The maximum Gasteiger partial charge on any atom is 0.407 e. The van der Waals surface area contributed by atoms with Gasteiger partial charge in [-0.1, -0.05) is 0 Å². The molecule has 1 heterocycles. The first-order valence-corrected chi connectivity index (χ1v) is 8.86. The lowest BCUT2D eigenvalue weighted by Gasteiger charge is -2.28. The lowest BCUT2D eigenvalue weighted by Crippen LogP contribution is -2.48. The zero-order chi connectivity index (χ0) is 20.4. The largest absolute Gasteiger partial charge is 0.444 e. The van der Waals surface area contributed by atoms with E-state index in [1.165, 1.54) is 18.0 Å². The molecule has 1 fully saturated rings. The molecule has 1 amide bonds. The number of ether oxygens (including phenoxy) is 2. The molecular formula is C17H27FN4O5. The number of nitro groups is 1. The molecule has 0 aromatic carbocycles. The zero-order valence-electron chi connectivity index (χ0n) is 16.3. The van der Waals surface area contributed by atoms with Gasteiger partial charge in [0.2, 0.25) is 0 Å². The van der Waals surface area contributed by atoms with E-state index in [1.54, 1.807) is 27.8 Å². The minimum absolute atomic E-state index is 0.0470. The van der Waals surface area contributed by atoms with Gasteiger partial charge in [0.15, 0.2) is 0 Å². The molecule has 1 aromatic heterocycles. The van der Waals surface area contributed by atoms with Gasteiger partial charge in [-0.2, -0.15) is 5.10 Å². The van der Waals surface area contributed by atoms with Crippen LogP contribution >= 0.6 is 0 Å². The summed E-state index contributed by atoms with van der Waals surface area (Å²) in [6.07, 6.45) is -0.853. The first-order valence-electron chi connectivity index (χ1n) is 8.86. The molecule has 10 heteroatoms. The average Bonchev–Trinajstić information content (AvgIpc) is 2.84. The van der Waals surface area contributed by atoms with E-state index in [2.05, 4.69) is 10.4 Å². The molecule has 1 aliphatic rings. The number of hydrogen-bond acceptors (Lipinski definition) is 6. The first-order chi connectivity index (χ1) is 12.5. The van der Waals surface area contributed by atoms with Crippen LogP contribution in [0.1, 0.15) is 51.6 Å². The highest BCUT2D eigenvalue weighted by Crippen LogP contribution is 2.38. The van der Waals surface area contributed by atoms with Gasteiger partial charge in [0.05, 0.1) is 11.0 Å². The van der Waals surface area contributed by atoms with Crippen LogP contribution in [0.4, 0.5) is 14.9 Å². The summed E-state index contributed by atoms with van der Waals surface area (Å²) in [5, 5.41) is 17.9. The second-order valence-electron chi connectivity index (χ2n) is 7.77. The number of amides is 1. The van der Waals surface area contributed by atoms with Gasteiger partial charge >= 0.3 is 11.8 Å². The SMILES string of the molecule is COC1C(F)CC(c2c([N+](=O)[O-])cnn2C)CCC1NC(=O)OC(C)(C)C. The highest BCUT2D eigenvalue weighted by atomic mass is 19.1. The quantitative estimate of drug-likeness (QED) is 0.484. The van der Waals surface area contributed by atoms with E-state index in [1.807, 2.05) is 0 Å². The van der Waals surface area contributed by atoms with E-state index >= 15 is 0 Å². The molecule has 0 aliphatic heterocycles. The summed E-state index contributed by atoms with van der Waals surface area (Å²) in [6, 6.07) is -0.600. The third-order valence-corrected chi connectivity index (χ3v) is 4.61. The monoisotopic (exact) mass is 386 g/mol. The van der Waals surface area contributed by atoms with Gasteiger partial charge in [-0.05, 0) is 40.0 Å². The van der Waals surface area contributed by atoms with Gasteiger partial charge in [-0.15, -0.1) is 0 Å². The van der Waals surface area contributed by atoms with Crippen molar-refractivity contribution in [1.82, 2.24) is 15.1 Å². The van der Waals surface area contributed by atoms with E-state index in [9.17, 15) is 19.3 Å². The highest BCUT2D eigenvalue weighted by Gasteiger charge is 2.40. The average molecular weight is 386 g/mol. The maximum absolute atomic E-state index is 14.9. The Morgan fingerprint density at radius 2 is 2.11 bits per heavy atom. The third-order valence-electron chi connectivity index (χ3n) is 4.61. The van der Waals surface area contributed by atoms with Crippen LogP contribution < -0.4 is 5.32 Å². The van der Waals surface area contributed by atoms with Gasteiger partial charge in [0.25, 0.3) is 0 Å². The fraction of sp³-hybridized carbons (Fsp3) is 0.765. The number of aryl methyl sites for hydroxylation is 1. The van der Waals surface area contributed by atoms with E-state index in [-0.39, 0.29) is 12.1 Å². The van der Waals surface area contributed by atoms with E-state index < -0.39 is 40.9 Å². The van der Waals surface area contributed by atoms with Gasteiger partial charge in [-0.25, -0.2) is 9.18 Å². The van der Waals surface area contributed by atoms with Crippen LogP contribution in [0.2, 0.25) is 0 Å². The number of alkyl carbamates (subject to hydrolysis) is 1. The Morgan fingerprint density at radius 3 is 2.67 bits per heavy atom. The number of rotatable bonds is 4. The standard InChI is InChI=1S/C17H27FN4O5/c1-17(2,3)27-16(23)20-12-7-6-10(8-11(18)15(12)26-5)14-13(22(24)25)9-19-21(14)4/h9-12,15H,6-8H2,1-5H3,(H,20,23). The zero-order valence-corrected chi connectivity index (χ0v) is 16.3. The number of methoxy groups -OCH3 is 1. The summed E-state index contributed by atoms with van der Waals surface area (Å²) < 4.78 is 26.9. The molecule has 152 valence electrons. The second-order valence-corrected chi connectivity index (χ2v) is 7.77. The fourth-order valence-electron chi connectivity index (χ4n) is 3.54. The van der Waals surface area contributed by atoms with Crippen molar-refractivity contribution in [2.45, 2.75) is 69.9 Å². The molecule has 2 rings (SSSR count). The Labute approximate surface area is 157 Å². The normalized spacial score (nSPS) is 26.3. The molecule has 1 N–H and O–H groups in total. The molecule has 1 saturated carbocycles. The smallest absolute Gasteiger partial charge is 0.407 e. The Morgan fingerprint density at radius 1 is 1.44 bits per heavy atom. The molecule has 4 unspecified atom stereocenters. The van der Waals surface area contributed by atoms with E-state index in [0.717, 1.165) is 0 Å². The summed E-state index contributed by atoms with van der Waals surface area (Å²) in [6.45, 7) is 5.22. The molecule has 9 nitrogen and oxygen atoms in total. The van der Waals surface area contributed by atoms with Gasteiger partial charge in [-0.3, -0.25) is 14.8 Å². The van der Waals surface area contributed by atoms with Crippen LogP contribution in [-0.4, -0.2) is 51.8 Å². The fourth-order valence-corrected chi connectivity index (χ4v) is 3.54. The minimum Gasteiger partial charge on any atom is -0.444 e. The first kappa shape index (κ1) is 21.1. The van der Waals surface area contributed by atoms with Crippen molar-refractivity contribution in [2.75, 3.05) is 7.11 Å². The number of nitrogens with zero attached hydrogens (tertiary/aromatic N) is 3. The molecule has 4 atom stereocenters. The Bertz CT molecular complexity index is 687. The summed E-state index contributed by atoms with van der Waals surface area (Å²) in [5.74, 6) is -0.406.